The van der Waals surface area contributed by atoms with E-state index in [2.05, 4.69) is 10.6 Å². The Morgan fingerprint density at radius 2 is 1.86 bits per heavy atom. The molecular weight excluding hydrogens is 425 g/mol. The molecule has 0 atom stereocenters. The van der Waals surface area contributed by atoms with Crippen molar-refractivity contribution in [2.75, 3.05) is 18.5 Å². The molecule has 11 heteroatoms. The number of anilines is 1. The summed E-state index contributed by atoms with van der Waals surface area (Å²) in [5, 5.41) is 16.1. The molecule has 2 N–H and O–H groups in total. The predicted octanol–water partition coefficient (Wildman–Crippen LogP) is 3.12. The third-order valence-electron chi connectivity index (χ3n) is 3.56. The second-order valence-corrected chi connectivity index (χ2v) is 6.64. The number of rotatable bonds is 7. The second kappa shape index (κ2) is 9.85. The summed E-state index contributed by atoms with van der Waals surface area (Å²) in [5.41, 5.74) is 0.468. The quantitative estimate of drug-likeness (QED) is 0.387. The fourth-order valence-electron chi connectivity index (χ4n) is 2.20. The monoisotopic (exact) mass is 439 g/mol. The molecule has 9 nitrogen and oxygen atoms in total. The van der Waals surface area contributed by atoms with Crippen LogP contribution >= 0.6 is 23.2 Å². The Morgan fingerprint density at radius 1 is 1.14 bits per heavy atom. The summed E-state index contributed by atoms with van der Waals surface area (Å²) in [5.74, 6) is -2.27. The Bertz CT molecular complexity index is 980. The molecule has 0 aliphatic rings. The molecule has 2 aromatic rings. The number of amides is 2. The third kappa shape index (κ3) is 6.44. The molecule has 0 spiro atoms. The van der Waals surface area contributed by atoms with E-state index < -0.39 is 35.9 Å². The average molecular weight is 440 g/mol. The zero-order valence-electron chi connectivity index (χ0n) is 15.0. The van der Waals surface area contributed by atoms with Gasteiger partial charge in [-0.3, -0.25) is 24.5 Å². The van der Waals surface area contributed by atoms with Gasteiger partial charge in [-0.25, -0.2) is 0 Å². The number of halogens is 2. The fraction of sp³-hybridized carbons (Fsp3) is 0.167. The van der Waals surface area contributed by atoms with E-state index in [0.29, 0.717) is 10.6 Å². The van der Waals surface area contributed by atoms with Crippen molar-refractivity contribution in [3.05, 3.63) is 67.7 Å². The van der Waals surface area contributed by atoms with Gasteiger partial charge in [0, 0.05) is 11.1 Å². The predicted molar refractivity (Wildman–Crippen MR) is 106 cm³/mol. The minimum Gasteiger partial charge on any atom is -0.454 e. The normalized spacial score (nSPS) is 10.2. The van der Waals surface area contributed by atoms with Crippen LogP contribution in [0, 0.1) is 17.0 Å². The maximum absolute atomic E-state index is 12.0. The SMILES string of the molecule is Cc1ccc(NC(=O)COC(=O)CNC(=O)c2ccc(Cl)cc2Cl)c([N+](=O)[O-])c1. The van der Waals surface area contributed by atoms with E-state index >= 15 is 0 Å². The van der Waals surface area contributed by atoms with Gasteiger partial charge in [-0.05, 0) is 36.8 Å². The van der Waals surface area contributed by atoms with Crippen LogP contribution in [0.15, 0.2) is 36.4 Å². The number of nitro benzene ring substituents is 1. The highest BCUT2D eigenvalue weighted by atomic mass is 35.5. The zero-order chi connectivity index (χ0) is 21.6. The average Bonchev–Trinajstić information content (AvgIpc) is 2.65. The highest BCUT2D eigenvalue weighted by Crippen LogP contribution is 2.25. The Hall–Kier alpha value is -3.17. The number of carbonyl (C=O) groups excluding carboxylic acids is 3. The molecule has 0 bridgehead atoms. The molecule has 0 saturated heterocycles. The van der Waals surface area contributed by atoms with Crippen molar-refractivity contribution in [2.24, 2.45) is 0 Å². The minimum atomic E-state index is -0.878. The van der Waals surface area contributed by atoms with E-state index in [1.807, 2.05) is 0 Å². The number of hydrogen-bond acceptors (Lipinski definition) is 6. The Morgan fingerprint density at radius 3 is 2.52 bits per heavy atom. The largest absolute Gasteiger partial charge is 0.454 e. The first-order valence-electron chi connectivity index (χ1n) is 8.11. The molecule has 0 aliphatic heterocycles. The van der Waals surface area contributed by atoms with E-state index in [9.17, 15) is 24.5 Å². The lowest BCUT2D eigenvalue weighted by Crippen LogP contribution is -2.32. The zero-order valence-corrected chi connectivity index (χ0v) is 16.5. The van der Waals surface area contributed by atoms with E-state index in [1.165, 1.54) is 30.3 Å². The van der Waals surface area contributed by atoms with Crippen LogP contribution in [0.5, 0.6) is 0 Å². The van der Waals surface area contributed by atoms with Gasteiger partial charge in [-0.1, -0.05) is 29.3 Å². The number of ether oxygens (including phenoxy) is 1. The maximum atomic E-state index is 12.0. The summed E-state index contributed by atoms with van der Waals surface area (Å²) < 4.78 is 4.75. The van der Waals surface area contributed by atoms with Crippen molar-refractivity contribution < 1.29 is 24.0 Å². The number of carbonyl (C=O) groups is 3. The van der Waals surface area contributed by atoms with Gasteiger partial charge < -0.3 is 15.4 Å². The van der Waals surface area contributed by atoms with Gasteiger partial charge in [0.2, 0.25) is 0 Å². The molecule has 29 heavy (non-hydrogen) atoms. The first-order chi connectivity index (χ1) is 13.7. The Kier molecular flexibility index (Phi) is 7.52. The summed E-state index contributed by atoms with van der Waals surface area (Å²) in [6, 6.07) is 8.52. The Labute approximate surface area is 175 Å². The van der Waals surface area contributed by atoms with E-state index in [4.69, 9.17) is 27.9 Å². The first kappa shape index (κ1) is 22.1. The summed E-state index contributed by atoms with van der Waals surface area (Å²) in [6.45, 7) is 0.489. The lowest BCUT2D eigenvalue weighted by Gasteiger charge is -2.09. The van der Waals surface area contributed by atoms with E-state index in [-0.39, 0.29) is 22.0 Å². The van der Waals surface area contributed by atoms with Gasteiger partial charge in [0.15, 0.2) is 6.61 Å². The van der Waals surface area contributed by atoms with Crippen molar-refractivity contribution in [3.63, 3.8) is 0 Å². The van der Waals surface area contributed by atoms with Crippen molar-refractivity contribution >= 4 is 52.4 Å². The molecule has 2 rings (SSSR count). The number of nitro groups is 1. The number of benzene rings is 2. The topological polar surface area (TPSA) is 128 Å². The number of nitrogens with zero attached hydrogens (tertiary/aromatic N) is 1. The molecule has 2 aromatic carbocycles. The molecule has 0 unspecified atom stereocenters. The smallest absolute Gasteiger partial charge is 0.325 e. The van der Waals surface area contributed by atoms with E-state index in [0.717, 1.165) is 0 Å². The molecule has 152 valence electrons. The van der Waals surface area contributed by atoms with Gasteiger partial charge in [-0.2, -0.15) is 0 Å². The summed E-state index contributed by atoms with van der Waals surface area (Å²) in [6.07, 6.45) is 0. The fourth-order valence-corrected chi connectivity index (χ4v) is 2.70. The molecule has 0 heterocycles. The molecule has 0 saturated carbocycles. The third-order valence-corrected chi connectivity index (χ3v) is 4.11. The van der Waals surface area contributed by atoms with Gasteiger partial charge in [0.05, 0.1) is 15.5 Å². The van der Waals surface area contributed by atoms with Crippen LogP contribution in [0.4, 0.5) is 11.4 Å². The Balaban J connectivity index is 1.84. The first-order valence-corrected chi connectivity index (χ1v) is 8.86. The summed E-state index contributed by atoms with van der Waals surface area (Å²) in [4.78, 5) is 46.0. The maximum Gasteiger partial charge on any atom is 0.325 e. The number of hydrogen-bond donors (Lipinski definition) is 2. The highest BCUT2D eigenvalue weighted by molar-refractivity contribution is 6.36. The van der Waals surface area contributed by atoms with Crippen LogP contribution in [0.1, 0.15) is 15.9 Å². The molecule has 0 aliphatic carbocycles. The van der Waals surface area contributed by atoms with Crippen LogP contribution in [0.25, 0.3) is 0 Å². The number of aryl methyl sites for hydroxylation is 1. The van der Waals surface area contributed by atoms with Crippen molar-refractivity contribution in [1.29, 1.82) is 0 Å². The minimum absolute atomic E-state index is 0.0210. The van der Waals surface area contributed by atoms with Gasteiger partial charge >= 0.3 is 5.97 Å². The molecule has 0 aromatic heterocycles. The lowest BCUT2D eigenvalue weighted by molar-refractivity contribution is -0.384. The van der Waals surface area contributed by atoms with Gasteiger partial charge in [0.25, 0.3) is 17.5 Å². The van der Waals surface area contributed by atoms with Crippen molar-refractivity contribution in [3.8, 4) is 0 Å². The standard InChI is InChI=1S/C18H15Cl2N3O6/c1-10-2-5-14(15(6-10)23(27)28)22-16(24)9-29-17(25)8-21-18(26)12-4-3-11(19)7-13(12)20/h2-7H,8-9H2,1H3,(H,21,26)(H,22,24). The van der Waals surface area contributed by atoms with Crippen LogP contribution in [0.2, 0.25) is 10.0 Å². The van der Waals surface area contributed by atoms with Crippen LogP contribution in [-0.2, 0) is 14.3 Å². The van der Waals surface area contributed by atoms with Crippen LogP contribution in [0.3, 0.4) is 0 Å². The van der Waals surface area contributed by atoms with Crippen LogP contribution in [-0.4, -0.2) is 35.9 Å². The molecule has 2 amide bonds. The van der Waals surface area contributed by atoms with Gasteiger partial charge in [0.1, 0.15) is 12.2 Å². The molecule has 0 fully saturated rings. The van der Waals surface area contributed by atoms with Crippen molar-refractivity contribution in [1.82, 2.24) is 5.32 Å². The second-order valence-electron chi connectivity index (χ2n) is 5.79. The highest BCUT2D eigenvalue weighted by Gasteiger charge is 2.17. The molecule has 0 radical (unpaired) electrons. The lowest BCUT2D eigenvalue weighted by atomic mass is 10.2. The van der Waals surface area contributed by atoms with Crippen molar-refractivity contribution in [2.45, 2.75) is 6.92 Å². The number of nitrogens with one attached hydrogen (secondary N) is 2. The summed E-state index contributed by atoms with van der Waals surface area (Å²) in [7, 11) is 0. The number of esters is 1. The summed E-state index contributed by atoms with van der Waals surface area (Å²) >= 11 is 11.6. The van der Waals surface area contributed by atoms with Crippen LogP contribution < -0.4 is 10.6 Å². The van der Waals surface area contributed by atoms with E-state index in [1.54, 1.807) is 13.0 Å². The molecular formula is C18H15Cl2N3O6. The van der Waals surface area contributed by atoms with Gasteiger partial charge in [-0.15, -0.1) is 0 Å².